The van der Waals surface area contributed by atoms with Gasteiger partial charge in [0.1, 0.15) is 17.7 Å². The lowest BCUT2D eigenvalue weighted by Gasteiger charge is -2.29. The molecule has 6 heteroatoms. The average Bonchev–Trinajstić information content (AvgIpc) is 3.31. The first-order valence-corrected chi connectivity index (χ1v) is 12.9. The normalized spacial score (nSPS) is 20.7. The topological polar surface area (TPSA) is 105 Å². The molecule has 0 spiro atoms. The molecule has 34 heavy (non-hydrogen) atoms. The highest BCUT2D eigenvalue weighted by atomic mass is 15.2. The summed E-state index contributed by atoms with van der Waals surface area (Å²) in [5.74, 6) is 2.29. The maximum atomic E-state index is 10.1. The monoisotopic (exact) mass is 458 g/mol. The quantitative estimate of drug-likeness (QED) is 0.615. The molecular weight excluding hydrogens is 420 g/mol. The lowest BCUT2D eigenvalue weighted by atomic mass is 9.84. The van der Waals surface area contributed by atoms with Gasteiger partial charge in [0.05, 0.1) is 17.3 Å². The van der Waals surface area contributed by atoms with Gasteiger partial charge in [-0.2, -0.15) is 5.26 Å². The Morgan fingerprint density at radius 1 is 1.15 bits per heavy atom. The van der Waals surface area contributed by atoms with Gasteiger partial charge in [0.25, 0.3) is 0 Å². The predicted molar refractivity (Wildman–Crippen MR) is 139 cm³/mol. The van der Waals surface area contributed by atoms with E-state index in [9.17, 15) is 5.26 Å². The first-order valence-electron chi connectivity index (χ1n) is 12.9. The highest BCUT2D eigenvalue weighted by molar-refractivity contribution is 5.63. The van der Waals surface area contributed by atoms with Crippen molar-refractivity contribution in [3.8, 4) is 6.07 Å². The Labute approximate surface area is 204 Å². The summed E-state index contributed by atoms with van der Waals surface area (Å²) in [6.45, 7) is 9.33. The zero-order valence-corrected chi connectivity index (χ0v) is 20.7. The minimum Gasteiger partial charge on any atom is -0.401 e. The molecule has 4 rings (SSSR count). The number of nitrogen functional groups attached to an aromatic ring is 1. The highest BCUT2D eigenvalue weighted by Gasteiger charge is 2.31. The van der Waals surface area contributed by atoms with Crippen LogP contribution in [0.25, 0.3) is 0 Å². The van der Waals surface area contributed by atoms with Crippen LogP contribution in [0.4, 0.5) is 11.5 Å². The second-order valence-corrected chi connectivity index (χ2v) is 9.76. The molecule has 2 heterocycles. The van der Waals surface area contributed by atoms with E-state index in [1.807, 2.05) is 6.07 Å². The fourth-order valence-corrected chi connectivity index (χ4v) is 5.77. The molecule has 0 bridgehead atoms. The SMILES string of the molecule is C=C(N)C1CCCN1c1nc(CC)nc2c1CCCCCC(CC)c1ccc(N)c(C#N)c1C2. The van der Waals surface area contributed by atoms with Crippen molar-refractivity contribution in [2.45, 2.75) is 90.0 Å². The second-order valence-electron chi connectivity index (χ2n) is 9.76. The van der Waals surface area contributed by atoms with E-state index in [1.54, 1.807) is 0 Å². The van der Waals surface area contributed by atoms with E-state index < -0.39 is 0 Å². The average molecular weight is 459 g/mol. The number of hydrogen-bond acceptors (Lipinski definition) is 6. The molecule has 1 aromatic heterocycles. The summed E-state index contributed by atoms with van der Waals surface area (Å²) < 4.78 is 0. The van der Waals surface area contributed by atoms with Crippen LogP contribution >= 0.6 is 0 Å². The lowest BCUT2D eigenvalue weighted by Crippen LogP contribution is -2.35. The Kier molecular flexibility index (Phi) is 7.41. The number of benzene rings is 1. The van der Waals surface area contributed by atoms with E-state index >= 15 is 0 Å². The van der Waals surface area contributed by atoms with Crippen molar-refractivity contribution in [2.75, 3.05) is 17.2 Å². The standard InChI is InChI=1S/C28H38N6/c1-4-19-10-7-6-8-11-21-25(16-22-20(19)13-14-24(31)23(22)17-29)32-27(5-2)33-28(21)34-15-9-12-26(34)18(3)30/h13-14,19,26H,3-12,15-16,30-31H2,1-2H3. The Morgan fingerprint density at radius 3 is 2.68 bits per heavy atom. The van der Waals surface area contributed by atoms with Crippen LogP contribution in [0, 0.1) is 11.3 Å². The van der Waals surface area contributed by atoms with Gasteiger partial charge in [0, 0.05) is 36.3 Å². The number of nitrogens with two attached hydrogens (primary N) is 2. The Balaban J connectivity index is 1.92. The fraction of sp³-hybridized carbons (Fsp3) is 0.536. The van der Waals surface area contributed by atoms with Crippen molar-refractivity contribution in [1.82, 2.24) is 9.97 Å². The van der Waals surface area contributed by atoms with E-state index in [4.69, 9.17) is 21.4 Å². The van der Waals surface area contributed by atoms with Gasteiger partial charge in [-0.3, -0.25) is 0 Å². The van der Waals surface area contributed by atoms with Gasteiger partial charge in [0.2, 0.25) is 0 Å². The summed E-state index contributed by atoms with van der Waals surface area (Å²) in [6.07, 6.45) is 10.0. The van der Waals surface area contributed by atoms with Gasteiger partial charge < -0.3 is 16.4 Å². The van der Waals surface area contributed by atoms with Crippen molar-refractivity contribution in [2.24, 2.45) is 5.73 Å². The molecule has 180 valence electrons. The number of nitriles is 1. The number of fused-ring (bicyclic) bond motifs is 2. The van der Waals surface area contributed by atoms with Crippen LogP contribution in [0.1, 0.15) is 98.5 Å². The van der Waals surface area contributed by atoms with Crippen LogP contribution < -0.4 is 16.4 Å². The molecule has 2 aliphatic rings. The fourth-order valence-electron chi connectivity index (χ4n) is 5.77. The number of aromatic nitrogens is 2. The van der Waals surface area contributed by atoms with Crippen LogP contribution in [-0.4, -0.2) is 22.6 Å². The molecule has 0 saturated carbocycles. The van der Waals surface area contributed by atoms with Crippen molar-refractivity contribution in [3.63, 3.8) is 0 Å². The van der Waals surface area contributed by atoms with Crippen molar-refractivity contribution < 1.29 is 0 Å². The number of aryl methyl sites for hydroxylation is 1. The summed E-state index contributed by atoms with van der Waals surface area (Å²) in [5, 5.41) is 10.1. The third-order valence-electron chi connectivity index (χ3n) is 7.64. The molecule has 1 fully saturated rings. The molecule has 0 amide bonds. The Hall–Kier alpha value is -3.07. The molecule has 0 radical (unpaired) electrons. The first kappa shape index (κ1) is 24.1. The number of hydrogen-bond donors (Lipinski definition) is 2. The Bertz CT molecular complexity index is 1100. The van der Waals surface area contributed by atoms with Crippen molar-refractivity contribution in [3.05, 3.63) is 58.2 Å². The van der Waals surface area contributed by atoms with Crippen LogP contribution in [0.2, 0.25) is 0 Å². The van der Waals surface area contributed by atoms with E-state index in [1.165, 1.54) is 24.0 Å². The van der Waals surface area contributed by atoms with Crippen LogP contribution in [0.3, 0.4) is 0 Å². The maximum absolute atomic E-state index is 10.1. The first-order chi connectivity index (χ1) is 16.5. The minimum atomic E-state index is 0.115. The van der Waals surface area contributed by atoms with Crippen LogP contribution in [0.15, 0.2) is 24.4 Å². The van der Waals surface area contributed by atoms with Crippen LogP contribution in [0.5, 0.6) is 0 Å². The Morgan fingerprint density at radius 2 is 1.97 bits per heavy atom. The molecular formula is C28H38N6. The number of nitrogens with zero attached hydrogens (tertiary/aromatic N) is 4. The largest absolute Gasteiger partial charge is 0.401 e. The van der Waals surface area contributed by atoms with Gasteiger partial charge in [-0.05, 0) is 61.6 Å². The van der Waals surface area contributed by atoms with Gasteiger partial charge in [-0.1, -0.05) is 39.3 Å². The maximum Gasteiger partial charge on any atom is 0.136 e. The molecule has 1 aliphatic heterocycles. The molecule has 6 nitrogen and oxygen atoms in total. The summed E-state index contributed by atoms with van der Waals surface area (Å²) in [5.41, 5.74) is 18.9. The zero-order valence-electron chi connectivity index (χ0n) is 20.7. The molecule has 1 saturated heterocycles. The zero-order chi connectivity index (χ0) is 24.2. The van der Waals surface area contributed by atoms with Crippen LogP contribution in [-0.2, 0) is 19.3 Å². The summed E-state index contributed by atoms with van der Waals surface area (Å²) in [7, 11) is 0. The number of anilines is 2. The van der Waals surface area contributed by atoms with E-state index in [0.29, 0.717) is 29.3 Å². The van der Waals surface area contributed by atoms with Crippen molar-refractivity contribution >= 4 is 11.5 Å². The van der Waals surface area contributed by atoms with Gasteiger partial charge in [-0.15, -0.1) is 0 Å². The molecule has 2 unspecified atom stereocenters. The second kappa shape index (κ2) is 10.5. The summed E-state index contributed by atoms with van der Waals surface area (Å²) in [4.78, 5) is 12.4. The molecule has 2 aromatic rings. The molecule has 2 atom stereocenters. The minimum absolute atomic E-state index is 0.115. The van der Waals surface area contributed by atoms with Crippen molar-refractivity contribution in [1.29, 1.82) is 5.26 Å². The lowest BCUT2D eigenvalue weighted by molar-refractivity contribution is 0.544. The third-order valence-corrected chi connectivity index (χ3v) is 7.64. The smallest absolute Gasteiger partial charge is 0.136 e. The molecule has 1 aliphatic carbocycles. The van der Waals surface area contributed by atoms with Gasteiger partial charge in [-0.25, -0.2) is 9.97 Å². The van der Waals surface area contributed by atoms with Gasteiger partial charge >= 0.3 is 0 Å². The molecule has 1 aromatic carbocycles. The summed E-state index contributed by atoms with van der Waals surface area (Å²) in [6, 6.07) is 6.58. The predicted octanol–water partition coefficient (Wildman–Crippen LogP) is 5.13. The third kappa shape index (κ3) is 4.61. The summed E-state index contributed by atoms with van der Waals surface area (Å²) >= 11 is 0. The highest BCUT2D eigenvalue weighted by Crippen LogP contribution is 2.37. The van der Waals surface area contributed by atoms with E-state index in [2.05, 4.69) is 37.5 Å². The van der Waals surface area contributed by atoms with E-state index in [-0.39, 0.29) is 6.04 Å². The van der Waals surface area contributed by atoms with Gasteiger partial charge in [0.15, 0.2) is 0 Å². The number of rotatable bonds is 4. The van der Waals surface area contributed by atoms with E-state index in [0.717, 1.165) is 74.4 Å². The molecule has 4 N–H and O–H groups in total.